The Morgan fingerprint density at radius 3 is 2.32 bits per heavy atom. The maximum absolute atomic E-state index is 13.5. The summed E-state index contributed by atoms with van der Waals surface area (Å²) in [5.41, 5.74) is -0.141. The van der Waals surface area contributed by atoms with Crippen LogP contribution in [0.3, 0.4) is 0 Å². The van der Waals surface area contributed by atoms with Gasteiger partial charge >= 0.3 is 0 Å². The van der Waals surface area contributed by atoms with Crippen LogP contribution in [0.25, 0.3) is 0 Å². The third-order valence-corrected chi connectivity index (χ3v) is 6.17. The minimum atomic E-state index is -3.80. The molecule has 1 aromatic rings. The fourth-order valence-electron chi connectivity index (χ4n) is 1.72. The van der Waals surface area contributed by atoms with Crippen molar-refractivity contribution in [3.63, 3.8) is 0 Å². The lowest BCUT2D eigenvalue weighted by Gasteiger charge is -2.29. The summed E-state index contributed by atoms with van der Waals surface area (Å²) < 4.78 is 40.2. The summed E-state index contributed by atoms with van der Waals surface area (Å²) in [4.78, 5) is -0.300. The van der Waals surface area contributed by atoms with Gasteiger partial charge in [0.15, 0.2) is 0 Å². The van der Waals surface area contributed by atoms with Gasteiger partial charge in [0, 0.05) is 11.9 Å². The van der Waals surface area contributed by atoms with Crippen molar-refractivity contribution in [1.82, 2.24) is 4.72 Å². The highest BCUT2D eigenvalue weighted by Gasteiger charge is 2.28. The summed E-state index contributed by atoms with van der Waals surface area (Å²) in [7, 11) is -3.80. The average Bonchev–Trinajstić information content (AvgIpc) is 2.41. The molecule has 0 saturated carbocycles. The van der Waals surface area contributed by atoms with E-state index in [0.29, 0.717) is 11.9 Å². The maximum atomic E-state index is 13.5. The van der Waals surface area contributed by atoms with E-state index in [-0.39, 0.29) is 10.3 Å². The molecule has 108 valence electrons. The highest BCUT2D eigenvalue weighted by Crippen LogP contribution is 2.28. The number of nitrogens with one attached hydrogen (secondary N) is 1. The molecule has 0 radical (unpaired) electrons. The van der Waals surface area contributed by atoms with Gasteiger partial charge in [-0.25, -0.2) is 17.5 Å². The number of benzene rings is 1. The van der Waals surface area contributed by atoms with E-state index in [4.69, 9.17) is 0 Å². The molecular weight excluding hydrogens is 333 g/mol. The molecule has 1 N–H and O–H groups in total. The van der Waals surface area contributed by atoms with E-state index in [1.807, 2.05) is 13.8 Å². The van der Waals surface area contributed by atoms with Gasteiger partial charge in [-0.05, 0) is 30.4 Å². The van der Waals surface area contributed by atoms with Crippen molar-refractivity contribution in [1.29, 1.82) is 0 Å². The fourth-order valence-corrected chi connectivity index (χ4v) is 3.95. The molecule has 0 aliphatic carbocycles. The fraction of sp³-hybridized carbons (Fsp3) is 0.538. The van der Waals surface area contributed by atoms with E-state index >= 15 is 0 Å². The zero-order valence-corrected chi connectivity index (χ0v) is 13.5. The van der Waals surface area contributed by atoms with Crippen molar-refractivity contribution in [3.05, 3.63) is 30.1 Å². The lowest BCUT2D eigenvalue weighted by molar-refractivity contribution is 0.309. The summed E-state index contributed by atoms with van der Waals surface area (Å²) in [6.07, 6.45) is 1.68. The Morgan fingerprint density at radius 2 is 1.84 bits per heavy atom. The summed E-state index contributed by atoms with van der Waals surface area (Å²) in [6, 6.07) is 5.39. The summed E-state index contributed by atoms with van der Waals surface area (Å²) in [6.45, 7) is 4.33. The Hall–Kier alpha value is -0.460. The van der Waals surface area contributed by atoms with Crippen LogP contribution in [0, 0.1) is 11.2 Å². The molecule has 0 heterocycles. The first-order chi connectivity index (χ1) is 8.90. The minimum absolute atomic E-state index is 0.141. The lowest BCUT2D eigenvalue weighted by atomic mass is 9.85. The van der Waals surface area contributed by atoms with Crippen LogP contribution in [0.5, 0.6) is 0 Å². The van der Waals surface area contributed by atoms with Gasteiger partial charge < -0.3 is 0 Å². The molecule has 0 spiro atoms. The van der Waals surface area contributed by atoms with Crippen LogP contribution in [0.4, 0.5) is 4.39 Å². The Labute approximate surface area is 122 Å². The quantitative estimate of drug-likeness (QED) is 0.766. The van der Waals surface area contributed by atoms with Gasteiger partial charge in [-0.2, -0.15) is 0 Å². The predicted octanol–water partition coefficient (Wildman–Crippen LogP) is 3.31. The van der Waals surface area contributed by atoms with E-state index < -0.39 is 15.8 Å². The molecule has 0 aromatic heterocycles. The van der Waals surface area contributed by atoms with Gasteiger partial charge in [0.05, 0.1) is 0 Å². The van der Waals surface area contributed by atoms with Crippen molar-refractivity contribution in [3.8, 4) is 0 Å². The molecule has 0 atom stereocenters. The molecule has 0 fully saturated rings. The summed E-state index contributed by atoms with van der Waals surface area (Å²) in [5.74, 6) is -0.729. The Kier molecular flexibility index (Phi) is 5.95. The molecule has 0 unspecified atom stereocenters. The van der Waals surface area contributed by atoms with Crippen molar-refractivity contribution >= 4 is 26.0 Å². The highest BCUT2D eigenvalue weighted by molar-refractivity contribution is 9.09. The van der Waals surface area contributed by atoms with Gasteiger partial charge in [-0.15, -0.1) is 0 Å². The van der Waals surface area contributed by atoms with E-state index in [1.54, 1.807) is 0 Å². The third kappa shape index (κ3) is 4.00. The molecule has 0 bridgehead atoms. The topological polar surface area (TPSA) is 46.2 Å². The van der Waals surface area contributed by atoms with Crippen LogP contribution in [-0.2, 0) is 10.0 Å². The number of hydrogen-bond donors (Lipinski definition) is 1. The molecule has 1 aromatic carbocycles. The third-order valence-electron chi connectivity index (χ3n) is 3.55. The molecule has 0 aliphatic rings. The first-order valence-electron chi connectivity index (χ1n) is 6.21. The smallest absolute Gasteiger partial charge is 0.210 e. The van der Waals surface area contributed by atoms with Crippen LogP contribution >= 0.6 is 15.9 Å². The lowest BCUT2D eigenvalue weighted by Crippen LogP contribution is -2.38. The van der Waals surface area contributed by atoms with Crippen molar-refractivity contribution in [2.75, 3.05) is 11.9 Å². The second-order valence-corrected chi connectivity index (χ2v) is 6.89. The van der Waals surface area contributed by atoms with E-state index in [2.05, 4.69) is 20.7 Å². The highest BCUT2D eigenvalue weighted by atomic mass is 79.9. The normalized spacial score (nSPS) is 12.6. The molecule has 6 heteroatoms. The Morgan fingerprint density at radius 1 is 1.26 bits per heavy atom. The first-order valence-corrected chi connectivity index (χ1v) is 8.81. The van der Waals surface area contributed by atoms with Gasteiger partial charge in [0.2, 0.25) is 10.0 Å². The molecule has 0 aliphatic heterocycles. The zero-order chi connectivity index (χ0) is 14.5. The van der Waals surface area contributed by atoms with Gasteiger partial charge in [0.25, 0.3) is 0 Å². The van der Waals surface area contributed by atoms with Crippen LogP contribution in [0.1, 0.15) is 26.7 Å². The van der Waals surface area contributed by atoms with Gasteiger partial charge in [-0.1, -0.05) is 41.9 Å². The molecule has 1 rings (SSSR count). The maximum Gasteiger partial charge on any atom is 0.243 e. The predicted molar refractivity (Wildman–Crippen MR) is 78.4 cm³/mol. The number of sulfonamides is 1. The number of halogens is 2. The van der Waals surface area contributed by atoms with Crippen molar-refractivity contribution < 1.29 is 12.8 Å². The van der Waals surface area contributed by atoms with Gasteiger partial charge in [0.1, 0.15) is 10.7 Å². The van der Waals surface area contributed by atoms with Crippen LogP contribution in [-0.4, -0.2) is 20.3 Å². The molecular formula is C13H19BrFNO2S. The molecule has 0 amide bonds. The van der Waals surface area contributed by atoms with Crippen LogP contribution < -0.4 is 4.72 Å². The van der Waals surface area contributed by atoms with E-state index in [0.717, 1.165) is 18.9 Å². The van der Waals surface area contributed by atoms with Crippen molar-refractivity contribution in [2.24, 2.45) is 5.41 Å². The Balaban J connectivity index is 2.90. The SMILES string of the molecule is CCC(CC)(CBr)CNS(=O)(=O)c1ccccc1F. The summed E-state index contributed by atoms with van der Waals surface area (Å²) >= 11 is 3.42. The van der Waals surface area contributed by atoms with Crippen LogP contribution in [0.2, 0.25) is 0 Å². The zero-order valence-electron chi connectivity index (χ0n) is 11.1. The second kappa shape index (κ2) is 6.81. The number of rotatable bonds is 7. The minimum Gasteiger partial charge on any atom is -0.210 e. The average molecular weight is 352 g/mol. The molecule has 0 saturated heterocycles. The standard InChI is InChI=1S/C13H19BrFNO2S/c1-3-13(4-2,9-14)10-16-19(17,18)12-8-6-5-7-11(12)15/h5-8,16H,3-4,9-10H2,1-2H3. The largest absolute Gasteiger partial charge is 0.243 e. The molecule has 3 nitrogen and oxygen atoms in total. The first kappa shape index (κ1) is 16.6. The molecule has 19 heavy (non-hydrogen) atoms. The second-order valence-electron chi connectivity index (χ2n) is 4.60. The van der Waals surface area contributed by atoms with E-state index in [1.165, 1.54) is 18.2 Å². The Bertz CT molecular complexity index is 507. The van der Waals surface area contributed by atoms with E-state index in [9.17, 15) is 12.8 Å². The van der Waals surface area contributed by atoms with Crippen molar-refractivity contribution in [2.45, 2.75) is 31.6 Å². The van der Waals surface area contributed by atoms with Gasteiger partial charge in [-0.3, -0.25) is 0 Å². The van der Waals surface area contributed by atoms with Crippen LogP contribution in [0.15, 0.2) is 29.2 Å². The monoisotopic (exact) mass is 351 g/mol. The number of alkyl halides is 1. The summed E-state index contributed by atoms with van der Waals surface area (Å²) in [5, 5.41) is 0.701. The number of hydrogen-bond acceptors (Lipinski definition) is 2.